The second kappa shape index (κ2) is 8.51. The first-order valence-corrected chi connectivity index (χ1v) is 8.81. The standard InChI is InChI=1S/C18H24F3N3O2/c1-12(2)24(17(26)18(19,20)21)15(13-8-10-22-11-9-13)16(25)23-14-6-4-3-5-7-14/h8-12,14-15H,3-7H2,1-2H3,(H,23,25)/t15-/m0/s1. The molecule has 1 saturated carbocycles. The van der Waals surface area contributed by atoms with E-state index in [-0.39, 0.29) is 6.04 Å². The highest BCUT2D eigenvalue weighted by molar-refractivity contribution is 5.91. The van der Waals surface area contributed by atoms with Crippen molar-refractivity contribution in [2.24, 2.45) is 0 Å². The van der Waals surface area contributed by atoms with Crippen molar-refractivity contribution in [2.45, 2.75) is 70.3 Å². The second-order valence-electron chi connectivity index (χ2n) is 6.83. The van der Waals surface area contributed by atoms with E-state index < -0.39 is 30.1 Å². The van der Waals surface area contributed by atoms with Crippen molar-refractivity contribution in [3.63, 3.8) is 0 Å². The maximum absolute atomic E-state index is 13.1. The zero-order valence-electron chi connectivity index (χ0n) is 14.9. The van der Waals surface area contributed by atoms with Crippen LogP contribution >= 0.6 is 0 Å². The van der Waals surface area contributed by atoms with Crippen LogP contribution in [0.2, 0.25) is 0 Å². The first-order valence-electron chi connectivity index (χ1n) is 8.81. The zero-order valence-corrected chi connectivity index (χ0v) is 14.9. The number of hydrogen-bond donors (Lipinski definition) is 1. The number of carbonyl (C=O) groups is 2. The fourth-order valence-corrected chi connectivity index (χ4v) is 3.31. The summed E-state index contributed by atoms with van der Waals surface area (Å²) in [5, 5.41) is 2.84. The first-order chi connectivity index (χ1) is 12.2. The Hall–Kier alpha value is -2.12. The Bertz CT molecular complexity index is 614. The van der Waals surface area contributed by atoms with Gasteiger partial charge in [-0.3, -0.25) is 14.6 Å². The van der Waals surface area contributed by atoms with Crippen LogP contribution in [0.3, 0.4) is 0 Å². The summed E-state index contributed by atoms with van der Waals surface area (Å²) in [6, 6.07) is 0.693. The molecule has 1 N–H and O–H groups in total. The van der Waals surface area contributed by atoms with E-state index in [1.54, 1.807) is 0 Å². The Balaban J connectivity index is 2.35. The molecule has 144 valence electrons. The van der Waals surface area contributed by atoms with E-state index >= 15 is 0 Å². The van der Waals surface area contributed by atoms with Gasteiger partial charge in [0.1, 0.15) is 6.04 Å². The quantitative estimate of drug-likeness (QED) is 0.863. The van der Waals surface area contributed by atoms with Gasteiger partial charge in [-0.25, -0.2) is 0 Å². The van der Waals surface area contributed by atoms with Crippen LogP contribution in [0.25, 0.3) is 0 Å². The predicted octanol–water partition coefficient (Wildman–Crippen LogP) is 3.37. The molecule has 1 aliphatic rings. The molecule has 1 heterocycles. The van der Waals surface area contributed by atoms with Gasteiger partial charge in [0.05, 0.1) is 0 Å². The molecule has 1 fully saturated rings. The van der Waals surface area contributed by atoms with Crippen LogP contribution < -0.4 is 5.32 Å². The molecule has 5 nitrogen and oxygen atoms in total. The summed E-state index contributed by atoms with van der Waals surface area (Å²) in [6.07, 6.45) is 2.36. The molecular weight excluding hydrogens is 347 g/mol. The van der Waals surface area contributed by atoms with Crippen LogP contribution in [0.1, 0.15) is 57.6 Å². The number of amides is 2. The highest BCUT2D eigenvalue weighted by Crippen LogP contribution is 2.30. The zero-order chi connectivity index (χ0) is 19.3. The first kappa shape index (κ1) is 20.2. The Labute approximate surface area is 151 Å². The lowest BCUT2D eigenvalue weighted by Gasteiger charge is -2.36. The van der Waals surface area contributed by atoms with Gasteiger partial charge in [0, 0.05) is 24.5 Å². The Morgan fingerprint density at radius 1 is 1.15 bits per heavy atom. The van der Waals surface area contributed by atoms with Crippen molar-refractivity contribution >= 4 is 11.8 Å². The Morgan fingerprint density at radius 2 is 1.73 bits per heavy atom. The van der Waals surface area contributed by atoms with Gasteiger partial charge in [-0.1, -0.05) is 19.3 Å². The average Bonchev–Trinajstić information content (AvgIpc) is 2.59. The summed E-state index contributed by atoms with van der Waals surface area (Å²) in [4.78, 5) is 29.4. The number of rotatable bonds is 5. The highest BCUT2D eigenvalue weighted by Gasteiger charge is 2.47. The van der Waals surface area contributed by atoms with Crippen molar-refractivity contribution < 1.29 is 22.8 Å². The third-order valence-corrected chi connectivity index (χ3v) is 4.53. The van der Waals surface area contributed by atoms with Gasteiger partial charge in [0.25, 0.3) is 0 Å². The number of nitrogens with zero attached hydrogens (tertiary/aromatic N) is 2. The third-order valence-electron chi connectivity index (χ3n) is 4.53. The number of nitrogens with one attached hydrogen (secondary N) is 1. The van der Waals surface area contributed by atoms with E-state index in [4.69, 9.17) is 0 Å². The van der Waals surface area contributed by atoms with Gasteiger partial charge >= 0.3 is 12.1 Å². The molecule has 1 atom stereocenters. The lowest BCUT2D eigenvalue weighted by atomic mass is 9.94. The van der Waals surface area contributed by atoms with Gasteiger partial charge in [0.2, 0.25) is 5.91 Å². The summed E-state index contributed by atoms with van der Waals surface area (Å²) in [6.45, 7) is 2.93. The van der Waals surface area contributed by atoms with Gasteiger partial charge in [-0.05, 0) is 44.4 Å². The van der Waals surface area contributed by atoms with Crippen molar-refractivity contribution in [2.75, 3.05) is 0 Å². The third kappa shape index (κ3) is 4.95. The molecule has 26 heavy (non-hydrogen) atoms. The lowest BCUT2D eigenvalue weighted by molar-refractivity contribution is -0.190. The van der Waals surface area contributed by atoms with Crippen molar-refractivity contribution in [1.82, 2.24) is 15.2 Å². The highest BCUT2D eigenvalue weighted by atomic mass is 19.4. The maximum Gasteiger partial charge on any atom is 0.471 e. The van der Waals surface area contributed by atoms with Crippen molar-refractivity contribution in [1.29, 1.82) is 0 Å². The Kier molecular flexibility index (Phi) is 6.61. The van der Waals surface area contributed by atoms with Gasteiger partial charge in [0.15, 0.2) is 0 Å². The fraction of sp³-hybridized carbons (Fsp3) is 0.611. The van der Waals surface area contributed by atoms with Gasteiger partial charge in [-0.15, -0.1) is 0 Å². The number of pyridine rings is 1. The lowest BCUT2D eigenvalue weighted by Crippen LogP contribution is -2.52. The van der Waals surface area contributed by atoms with Crippen LogP contribution in [-0.4, -0.2) is 40.0 Å². The minimum Gasteiger partial charge on any atom is -0.351 e. The van der Waals surface area contributed by atoms with Crippen LogP contribution in [0.15, 0.2) is 24.5 Å². The molecule has 0 bridgehead atoms. The molecule has 2 amide bonds. The SMILES string of the molecule is CC(C)N(C(=O)C(F)(F)F)[C@H](C(=O)NC1CCCCC1)c1ccncc1. The van der Waals surface area contributed by atoms with Crippen molar-refractivity contribution in [3.05, 3.63) is 30.1 Å². The summed E-state index contributed by atoms with van der Waals surface area (Å²) >= 11 is 0. The summed E-state index contributed by atoms with van der Waals surface area (Å²) in [5.41, 5.74) is 0.305. The fourth-order valence-electron chi connectivity index (χ4n) is 3.31. The number of alkyl halides is 3. The van der Waals surface area contributed by atoms with E-state index in [2.05, 4.69) is 10.3 Å². The summed E-state index contributed by atoms with van der Waals surface area (Å²) in [5.74, 6) is -2.61. The average molecular weight is 371 g/mol. The monoisotopic (exact) mass is 371 g/mol. The molecule has 1 aromatic heterocycles. The van der Waals surface area contributed by atoms with Crippen LogP contribution in [0, 0.1) is 0 Å². The summed E-state index contributed by atoms with van der Waals surface area (Å²) < 4.78 is 39.4. The molecule has 8 heteroatoms. The van der Waals surface area contributed by atoms with E-state index in [9.17, 15) is 22.8 Å². The van der Waals surface area contributed by atoms with Crippen LogP contribution in [0.4, 0.5) is 13.2 Å². The number of carbonyl (C=O) groups excluding carboxylic acids is 2. The number of aromatic nitrogens is 1. The van der Waals surface area contributed by atoms with E-state index in [1.807, 2.05) is 0 Å². The molecule has 0 saturated heterocycles. The summed E-state index contributed by atoms with van der Waals surface area (Å²) in [7, 11) is 0. The molecule has 0 aliphatic heterocycles. The van der Waals surface area contributed by atoms with Gasteiger partial charge in [-0.2, -0.15) is 13.2 Å². The molecule has 2 rings (SSSR count). The normalized spacial score (nSPS) is 17.0. The maximum atomic E-state index is 13.1. The molecule has 0 spiro atoms. The van der Waals surface area contributed by atoms with Gasteiger partial charge < -0.3 is 10.2 Å². The second-order valence-corrected chi connectivity index (χ2v) is 6.83. The number of hydrogen-bond acceptors (Lipinski definition) is 3. The van der Waals surface area contributed by atoms with E-state index in [0.29, 0.717) is 10.5 Å². The number of halogens is 3. The predicted molar refractivity (Wildman–Crippen MR) is 90.0 cm³/mol. The molecular formula is C18H24F3N3O2. The van der Waals surface area contributed by atoms with Crippen LogP contribution in [0.5, 0.6) is 0 Å². The van der Waals surface area contributed by atoms with Crippen LogP contribution in [-0.2, 0) is 9.59 Å². The van der Waals surface area contributed by atoms with E-state index in [0.717, 1.165) is 32.1 Å². The molecule has 1 aliphatic carbocycles. The topological polar surface area (TPSA) is 62.3 Å². The minimum absolute atomic E-state index is 0.0735. The molecule has 1 aromatic rings. The molecule has 0 unspecified atom stereocenters. The Morgan fingerprint density at radius 3 is 2.23 bits per heavy atom. The largest absolute Gasteiger partial charge is 0.471 e. The smallest absolute Gasteiger partial charge is 0.351 e. The molecule has 0 aromatic carbocycles. The van der Waals surface area contributed by atoms with Crippen molar-refractivity contribution in [3.8, 4) is 0 Å². The van der Waals surface area contributed by atoms with E-state index in [1.165, 1.54) is 38.4 Å². The molecule has 0 radical (unpaired) electrons. The minimum atomic E-state index is -5.05.